The van der Waals surface area contributed by atoms with Gasteiger partial charge in [0, 0.05) is 33.0 Å². The third-order valence-electron chi connectivity index (χ3n) is 4.39. The third-order valence-corrected chi connectivity index (χ3v) is 4.39. The van der Waals surface area contributed by atoms with Crippen molar-refractivity contribution in [2.24, 2.45) is 0 Å². The van der Waals surface area contributed by atoms with Gasteiger partial charge in [-0.2, -0.15) is 0 Å². The van der Waals surface area contributed by atoms with Gasteiger partial charge in [-0.25, -0.2) is 0 Å². The number of ether oxygens (including phenoxy) is 4. The van der Waals surface area contributed by atoms with Crippen molar-refractivity contribution in [3.63, 3.8) is 0 Å². The summed E-state index contributed by atoms with van der Waals surface area (Å²) in [6, 6.07) is 7.08. The van der Waals surface area contributed by atoms with E-state index in [1.54, 1.807) is 24.3 Å². The van der Waals surface area contributed by atoms with Crippen molar-refractivity contribution in [3.05, 3.63) is 46.5 Å². The Morgan fingerprint density at radius 2 is 0.692 bits per heavy atom. The van der Waals surface area contributed by atoms with Crippen LogP contribution in [0.2, 0.25) is 0 Å². The van der Waals surface area contributed by atoms with Gasteiger partial charge in [0.15, 0.2) is 50.2 Å². The smallest absolute Gasteiger partial charge is 0.186 e. The van der Waals surface area contributed by atoms with Crippen molar-refractivity contribution in [1.29, 1.82) is 0 Å². The molecule has 0 saturated carbocycles. The van der Waals surface area contributed by atoms with Crippen LogP contribution >= 0.6 is 0 Å². The van der Waals surface area contributed by atoms with E-state index in [4.69, 9.17) is 18.9 Å². The van der Waals surface area contributed by atoms with Crippen molar-refractivity contribution in [3.8, 4) is 0 Å². The van der Waals surface area contributed by atoms with E-state index in [0.29, 0.717) is 45.3 Å². The van der Waals surface area contributed by atoms with E-state index in [1.807, 2.05) is 0 Å². The molecular weight excluding hydrogens is 344 g/mol. The maximum atomic E-state index is 9.21. The molecule has 0 bridgehead atoms. The molecule has 136 valence electrons. The van der Waals surface area contributed by atoms with Gasteiger partial charge in [0.25, 0.3) is 0 Å². The highest BCUT2D eigenvalue weighted by atomic mass is 16.6. The number of aliphatic hydroxyl groups excluding tert-OH is 4. The number of aliphatic hydroxyl groups is 4. The second kappa shape index (κ2) is 6.50. The van der Waals surface area contributed by atoms with E-state index in [-0.39, 0.29) is 0 Å². The molecule has 8 nitrogen and oxygen atoms in total. The first-order chi connectivity index (χ1) is 12.8. The summed E-state index contributed by atoms with van der Waals surface area (Å²) in [5.41, 5.74) is 2.75. The number of hydrogen-bond acceptors (Lipinski definition) is 8. The summed E-state index contributed by atoms with van der Waals surface area (Å²) in [4.78, 5) is 0. The topological polar surface area (TPSA) is 118 Å². The molecule has 0 saturated heterocycles. The molecule has 0 heterocycles. The summed E-state index contributed by atoms with van der Waals surface area (Å²) in [6.45, 7) is -2.19. The van der Waals surface area contributed by atoms with Crippen molar-refractivity contribution in [1.82, 2.24) is 0 Å². The Balaban J connectivity index is 1.98. The lowest BCUT2D eigenvalue weighted by Gasteiger charge is -2.10. The summed E-state index contributed by atoms with van der Waals surface area (Å²) >= 11 is 0. The highest BCUT2D eigenvalue weighted by Crippen LogP contribution is 2.51. The second-order valence-electron chi connectivity index (χ2n) is 5.48. The van der Waals surface area contributed by atoms with Crippen LogP contribution in [0.25, 0.3) is 33.8 Å². The van der Waals surface area contributed by atoms with E-state index in [0.717, 1.165) is 10.8 Å². The van der Waals surface area contributed by atoms with Crippen LogP contribution in [-0.4, -0.2) is 47.6 Å². The number of rotatable bonds is 8. The highest BCUT2D eigenvalue weighted by Gasteiger charge is 2.35. The first-order valence-corrected chi connectivity index (χ1v) is 7.81. The molecule has 0 aromatic heterocycles. The maximum absolute atomic E-state index is 9.21. The average Bonchev–Trinajstić information content (AvgIpc) is 3.10. The quantitative estimate of drug-likeness (QED) is 0.515. The monoisotopic (exact) mass is 360 g/mol. The minimum absolute atomic E-state index is 0.321. The zero-order valence-electron chi connectivity index (χ0n) is 13.6. The lowest BCUT2D eigenvalue weighted by Crippen LogP contribution is -1.99. The summed E-state index contributed by atoms with van der Waals surface area (Å²) in [6.07, 6.45) is 0. The fourth-order valence-electron chi connectivity index (χ4n) is 3.57. The Morgan fingerprint density at radius 3 is 0.885 bits per heavy atom. The van der Waals surface area contributed by atoms with Gasteiger partial charge >= 0.3 is 0 Å². The van der Waals surface area contributed by atoms with Crippen molar-refractivity contribution in [2.75, 3.05) is 27.2 Å². The van der Waals surface area contributed by atoms with Crippen molar-refractivity contribution >= 4 is 33.8 Å². The zero-order chi connectivity index (χ0) is 18.3. The van der Waals surface area contributed by atoms with Crippen LogP contribution in [-0.2, 0) is 18.9 Å². The SMILES string of the molecule is OCOC1=C(OCO)c2ccc3c4c(ccc1c24)C(OCO)=C3OCO. The number of benzene rings is 2. The molecule has 0 fully saturated rings. The Morgan fingerprint density at radius 1 is 0.462 bits per heavy atom. The van der Waals surface area contributed by atoms with Gasteiger partial charge in [-0.15, -0.1) is 0 Å². The molecule has 0 atom stereocenters. The van der Waals surface area contributed by atoms with E-state index < -0.39 is 27.2 Å². The van der Waals surface area contributed by atoms with Crippen molar-refractivity contribution < 1.29 is 39.4 Å². The Kier molecular flexibility index (Phi) is 4.17. The summed E-state index contributed by atoms with van der Waals surface area (Å²) < 4.78 is 21.3. The van der Waals surface area contributed by atoms with Gasteiger partial charge in [-0.1, -0.05) is 0 Å². The Bertz CT molecular complexity index is 797. The molecule has 0 unspecified atom stereocenters. The van der Waals surface area contributed by atoms with Crippen LogP contribution in [0.15, 0.2) is 24.3 Å². The van der Waals surface area contributed by atoms with E-state index >= 15 is 0 Å². The van der Waals surface area contributed by atoms with Crippen LogP contribution in [0.4, 0.5) is 0 Å². The third kappa shape index (κ3) is 2.17. The minimum Gasteiger partial charge on any atom is -0.463 e. The molecule has 2 aliphatic carbocycles. The van der Waals surface area contributed by atoms with Crippen LogP contribution in [0.5, 0.6) is 0 Å². The zero-order valence-corrected chi connectivity index (χ0v) is 13.6. The van der Waals surface area contributed by atoms with Crippen molar-refractivity contribution in [2.45, 2.75) is 0 Å². The van der Waals surface area contributed by atoms with Crippen LogP contribution in [0, 0.1) is 0 Å². The first kappa shape index (κ1) is 16.7. The predicted octanol–water partition coefficient (Wildman–Crippen LogP) is 0.984. The van der Waals surface area contributed by atoms with Gasteiger partial charge in [-0.05, 0) is 24.3 Å². The lowest BCUT2D eigenvalue weighted by atomic mass is 9.98. The van der Waals surface area contributed by atoms with E-state index in [2.05, 4.69) is 0 Å². The summed E-state index contributed by atoms with van der Waals surface area (Å²) in [5, 5.41) is 38.4. The predicted molar refractivity (Wildman–Crippen MR) is 90.3 cm³/mol. The largest absolute Gasteiger partial charge is 0.463 e. The molecule has 0 radical (unpaired) electrons. The first-order valence-electron chi connectivity index (χ1n) is 7.81. The highest BCUT2D eigenvalue weighted by molar-refractivity contribution is 6.19. The Hall–Kier alpha value is -2.78. The molecule has 26 heavy (non-hydrogen) atoms. The lowest BCUT2D eigenvalue weighted by molar-refractivity contribution is 0.0573. The molecule has 2 aliphatic rings. The van der Waals surface area contributed by atoms with Gasteiger partial charge in [-0.3, -0.25) is 0 Å². The average molecular weight is 360 g/mol. The normalized spacial score (nSPS) is 14.5. The molecule has 4 N–H and O–H groups in total. The maximum Gasteiger partial charge on any atom is 0.186 e. The van der Waals surface area contributed by atoms with E-state index in [1.165, 1.54) is 0 Å². The summed E-state index contributed by atoms with van der Waals surface area (Å²) in [7, 11) is 0. The standard InChI is InChI=1S/C18H16O8/c19-5-23-15-9-1-2-10-14-12(18(26-8-22)16(10)24-6-20)4-3-11(13(9)14)17(15)25-7-21/h1-4,19-22H,5-8H2. The van der Waals surface area contributed by atoms with Crippen LogP contribution in [0.1, 0.15) is 22.3 Å². The van der Waals surface area contributed by atoms with Gasteiger partial charge in [0.1, 0.15) is 0 Å². The molecule has 4 rings (SSSR count). The minimum atomic E-state index is -0.548. The fourth-order valence-corrected chi connectivity index (χ4v) is 3.57. The molecule has 2 aromatic carbocycles. The summed E-state index contributed by atoms with van der Waals surface area (Å²) in [5.74, 6) is 1.28. The van der Waals surface area contributed by atoms with Gasteiger partial charge in [0.05, 0.1) is 0 Å². The van der Waals surface area contributed by atoms with Gasteiger partial charge < -0.3 is 39.4 Å². The molecule has 2 aromatic rings. The van der Waals surface area contributed by atoms with Crippen LogP contribution in [0.3, 0.4) is 0 Å². The molecule has 0 aliphatic heterocycles. The fraction of sp³-hybridized carbons (Fsp3) is 0.222. The molecule has 0 spiro atoms. The molecule has 0 amide bonds. The second-order valence-corrected chi connectivity index (χ2v) is 5.48. The van der Waals surface area contributed by atoms with Gasteiger partial charge in [0.2, 0.25) is 0 Å². The van der Waals surface area contributed by atoms with E-state index in [9.17, 15) is 20.4 Å². The number of hydrogen-bond donors (Lipinski definition) is 4. The van der Waals surface area contributed by atoms with Crippen LogP contribution < -0.4 is 0 Å². The molecular formula is C18H16O8. The Labute approximate surface area is 147 Å². The molecule has 8 heteroatoms.